The first-order valence-electron chi connectivity index (χ1n) is 28.4. The fraction of sp³-hybridized carbons (Fsp3) is 0.576. The highest BCUT2D eigenvalue weighted by atomic mass is 127. The van der Waals surface area contributed by atoms with Crippen molar-refractivity contribution in [1.82, 2.24) is 0 Å². The number of ether oxygens (including phenoxy) is 12. The van der Waals surface area contributed by atoms with Crippen molar-refractivity contribution in [3.63, 3.8) is 0 Å². The number of Topliss-reactive ketones (excluding diaryl/α,β-unsaturated/α-hetero) is 1. The van der Waals surface area contributed by atoms with Crippen LogP contribution >= 0.6 is 0 Å². The van der Waals surface area contributed by atoms with Crippen LogP contribution in [-0.4, -0.2) is 199 Å². The minimum Gasteiger partial charge on any atom is -0.394 e. The fourth-order valence-electron chi connectivity index (χ4n) is 5.31. The second-order valence-electron chi connectivity index (χ2n) is 18.4. The van der Waals surface area contributed by atoms with Gasteiger partial charge in [0.25, 0.3) is 0 Å². The Morgan fingerprint density at radius 2 is 0.922 bits per heavy atom. The summed E-state index contributed by atoms with van der Waals surface area (Å²) in [7, 11) is -0.888. The standard InChI is InChI=1S/C16H18I.C12H16O3.C7H6BF4.C5H9FO2.2C4H2F8O3.C4H7FO2.C4H9FO2.C3H7FO2/c1-12(2)14-6-10-16(11-7-14)17-15-8-4-13(3)5-9-15;1-3-14-12(15-4-2)11(13)10-8-6-5-7-9-10;1-2-4(9)6(11)3(8)7(12)5(2)10;6-1-2-7-3-5-4-8-5;2*5-1-13-4(10,11)14-2(6,7)3(8,9)15-12;5-3-6-1-4-2-7-4;5-1-3-7-4-2-6;4-3-6-2-1-5/h4-12H,1-3H3;5-9,12H,3-4H2,1-2H3;1,8H3;5H,1-4H2;2*1H2;4H,1-3H2;6H,1-4H2;5H,1-3H2/q+1;;-1;;;;;;. The van der Waals surface area contributed by atoms with Gasteiger partial charge in [0.05, 0.1) is 66.1 Å². The summed E-state index contributed by atoms with van der Waals surface area (Å²) < 4.78 is 332. The molecule has 43 heteroatoms. The minimum atomic E-state index is -6.04. The van der Waals surface area contributed by atoms with Crippen LogP contribution in [0.3, 0.4) is 0 Å². The molecule has 2 heterocycles. The van der Waals surface area contributed by atoms with E-state index in [1.807, 2.05) is 32.0 Å². The molecule has 2 unspecified atom stereocenters. The zero-order valence-corrected chi connectivity index (χ0v) is 56.2. The van der Waals surface area contributed by atoms with E-state index in [1.165, 1.54) is 28.2 Å². The molecule has 102 heavy (non-hydrogen) atoms. The van der Waals surface area contributed by atoms with Crippen molar-refractivity contribution in [3.8, 4) is 0 Å². The molecule has 2 aliphatic heterocycles. The summed E-state index contributed by atoms with van der Waals surface area (Å²) in [5.74, 6) is -4.46. The van der Waals surface area contributed by atoms with Gasteiger partial charge in [-0.05, 0) is 80.3 Å². The predicted octanol–water partition coefficient (Wildman–Crippen LogP) is 9.81. The van der Waals surface area contributed by atoms with Crippen LogP contribution in [0, 0.1) is 44.3 Å². The third-order valence-corrected chi connectivity index (χ3v) is 12.9. The number of ketones is 1. The van der Waals surface area contributed by atoms with Gasteiger partial charge in [-0.3, -0.25) is 14.3 Å². The molecule has 0 aliphatic carbocycles. The van der Waals surface area contributed by atoms with Crippen LogP contribution in [-0.2, 0) is 66.7 Å². The number of hydrogen-bond acceptors (Lipinski definition) is 17. The molecule has 2 atom stereocenters. The van der Waals surface area contributed by atoms with E-state index in [4.69, 9.17) is 33.9 Å². The Morgan fingerprint density at radius 1 is 0.539 bits per heavy atom. The van der Waals surface area contributed by atoms with Crippen LogP contribution in [0.4, 0.5) is 106 Å². The van der Waals surface area contributed by atoms with E-state index in [0.717, 1.165) is 20.1 Å². The molecule has 0 bridgehead atoms. The van der Waals surface area contributed by atoms with Crippen molar-refractivity contribution in [2.75, 3.05) is 120 Å². The normalized spacial score (nSPS) is 14.0. The molecule has 2 aliphatic rings. The van der Waals surface area contributed by atoms with E-state index in [0.29, 0.717) is 37.9 Å². The van der Waals surface area contributed by atoms with Gasteiger partial charge < -0.3 is 48.1 Å². The summed E-state index contributed by atoms with van der Waals surface area (Å²) >= 11 is -0.0167. The number of carbonyl (C=O) groups excluding carboxylic acids is 1. The smallest absolute Gasteiger partial charge is 0.394 e. The molecule has 0 saturated carbocycles. The Labute approximate surface area is 580 Å². The van der Waals surface area contributed by atoms with E-state index in [-0.39, 0.29) is 84.3 Å². The maximum absolute atomic E-state index is 12.7. The van der Waals surface area contributed by atoms with Crippen LogP contribution in [0.15, 0.2) is 78.9 Å². The number of rotatable bonds is 35. The molecule has 6 rings (SSSR count). The van der Waals surface area contributed by atoms with Gasteiger partial charge >= 0.3 is 58.2 Å². The van der Waals surface area contributed by atoms with Crippen molar-refractivity contribution in [1.29, 1.82) is 0 Å². The first kappa shape index (κ1) is 101. The molecular formula is C59H76BF24IO17. The highest BCUT2D eigenvalue weighted by Crippen LogP contribution is 2.42. The fourth-order valence-corrected chi connectivity index (χ4v) is 7.47. The van der Waals surface area contributed by atoms with Gasteiger partial charge in [0.2, 0.25) is 12.1 Å². The zero-order valence-electron chi connectivity index (χ0n) is 54.0. The number of hydrogen-bond donors (Lipinski definition) is 2. The van der Waals surface area contributed by atoms with Crippen molar-refractivity contribution < 1.29 is 209 Å². The Balaban J connectivity index is -0.00000110. The van der Waals surface area contributed by atoms with Gasteiger partial charge in [-0.25, -0.2) is 53.4 Å². The Bertz CT molecular complexity index is 2580. The second-order valence-corrected chi connectivity index (χ2v) is 21.4. The summed E-state index contributed by atoms with van der Waals surface area (Å²) in [4.78, 5) is 14.7. The Hall–Kier alpha value is -4.98. The number of alkyl halides is 18. The molecule has 0 radical (unpaired) electrons. The lowest BCUT2D eigenvalue weighted by Gasteiger charge is -2.25. The van der Waals surface area contributed by atoms with E-state index in [1.54, 1.807) is 12.1 Å². The molecule has 0 amide bonds. The first-order chi connectivity index (χ1) is 47.8. The molecule has 592 valence electrons. The summed E-state index contributed by atoms with van der Waals surface area (Å²) in [6.07, 6.45) is -35.0. The van der Waals surface area contributed by atoms with Gasteiger partial charge in [-0.2, -0.15) is 35.1 Å². The molecule has 2 N–H and O–H groups in total. The number of halogens is 25. The van der Waals surface area contributed by atoms with E-state index >= 15 is 0 Å². The lowest BCUT2D eigenvalue weighted by Crippen LogP contribution is -3.61. The molecule has 2 saturated heterocycles. The summed E-state index contributed by atoms with van der Waals surface area (Å²) in [5, 5.41) is 16.0. The summed E-state index contributed by atoms with van der Waals surface area (Å²) in [5.41, 5.74) is 2.42. The maximum Gasteiger partial charge on any atom is 0.492 e. The first-order valence-corrected chi connectivity index (χ1v) is 30.5. The van der Waals surface area contributed by atoms with Crippen LogP contribution < -0.4 is 26.7 Å². The molecule has 4 aromatic carbocycles. The van der Waals surface area contributed by atoms with Crippen molar-refractivity contribution in [2.45, 2.75) is 103 Å². The molecule has 17 nitrogen and oxygen atoms in total. The molecule has 2 fully saturated rings. The van der Waals surface area contributed by atoms with Crippen LogP contribution in [0.5, 0.6) is 0 Å². The maximum atomic E-state index is 12.7. The van der Waals surface area contributed by atoms with E-state index < -0.39 is 121 Å². The Morgan fingerprint density at radius 3 is 1.25 bits per heavy atom. The predicted molar refractivity (Wildman–Crippen MR) is 309 cm³/mol. The third-order valence-electron chi connectivity index (χ3n) is 10.2. The van der Waals surface area contributed by atoms with Gasteiger partial charge in [-0.15, -0.1) is 32.9 Å². The van der Waals surface area contributed by atoms with Crippen molar-refractivity contribution in [3.05, 3.63) is 132 Å². The topological polar surface area (TPSA) is 193 Å². The van der Waals surface area contributed by atoms with E-state index in [2.05, 4.69) is 102 Å². The molecular weight excluding hydrogens is 1570 g/mol. The van der Waals surface area contributed by atoms with Crippen LogP contribution in [0.25, 0.3) is 0 Å². The summed E-state index contributed by atoms with van der Waals surface area (Å²) in [6.45, 7) is 8.28. The number of carbonyl (C=O) groups is 1. The third kappa shape index (κ3) is 46.1. The number of aliphatic hydroxyl groups excluding tert-OH is 2. The SMILES string of the molecule is CCOC(OCC)C(=O)c1ccccc1.Cc1ccc([I+]c2ccc(C(C)C)cc2)cc1.FCCOCC1CO1.FCOC(F)(F)OC(F)(F)C(F)(F)OF.FCOC(F)(F)OC(F)(F)C(F)(F)OF.FCOCC1CO1.OCCOCCF.OCCOCF.[BH3-]c1c(F)c(F)c(C)c(F)c1F. The number of aryl methyl sites for hydroxylation is 1. The molecule has 4 aromatic rings. The Kier molecular flexibility index (Phi) is 55.0. The van der Waals surface area contributed by atoms with Gasteiger partial charge in [0.15, 0.2) is 46.2 Å². The van der Waals surface area contributed by atoms with Gasteiger partial charge in [-0.1, -0.05) is 74.0 Å². The van der Waals surface area contributed by atoms with Gasteiger partial charge in [0.1, 0.15) is 37.2 Å². The van der Waals surface area contributed by atoms with Crippen LogP contribution in [0.1, 0.15) is 60.7 Å². The lowest BCUT2D eigenvalue weighted by atomic mass is 9.93. The second kappa shape index (κ2) is 55.5. The van der Waals surface area contributed by atoms with Gasteiger partial charge in [0, 0.05) is 24.3 Å². The zero-order chi connectivity index (χ0) is 78.8. The number of epoxide rings is 2. The monoisotopic (exact) mass is 1650 g/mol. The highest BCUT2D eigenvalue weighted by molar-refractivity contribution is 6.32. The number of aliphatic hydroxyl groups is 2. The average Bonchev–Trinajstić information content (AvgIpc) is 1.47. The van der Waals surface area contributed by atoms with Crippen LogP contribution in [0.2, 0.25) is 0 Å². The lowest BCUT2D eigenvalue weighted by molar-refractivity contribution is -0.597. The number of benzene rings is 4. The van der Waals surface area contributed by atoms with E-state index in [9.17, 15) is 110 Å². The summed E-state index contributed by atoms with van der Waals surface area (Å²) in [6, 6.07) is 27.1. The van der Waals surface area contributed by atoms with Crippen molar-refractivity contribution >= 4 is 19.1 Å². The quantitative estimate of drug-likeness (QED) is 0.00645. The molecule has 0 aromatic heterocycles. The largest absolute Gasteiger partial charge is 0.492 e. The average molecular weight is 1650 g/mol. The van der Waals surface area contributed by atoms with Crippen molar-refractivity contribution in [2.24, 2.45) is 0 Å². The minimum absolute atomic E-state index is 0.0167. The molecule has 0 spiro atoms. The highest BCUT2D eigenvalue weighted by Gasteiger charge is 2.67.